The number of aromatic nitrogens is 2. The van der Waals surface area contributed by atoms with E-state index in [-0.39, 0.29) is 0 Å². The molecule has 2 unspecified atom stereocenters. The van der Waals surface area contributed by atoms with Gasteiger partial charge in [-0.15, -0.1) is 0 Å². The number of hydrogen-bond donors (Lipinski definition) is 2. The van der Waals surface area contributed by atoms with Gasteiger partial charge in [-0.2, -0.15) is 0 Å². The minimum absolute atomic E-state index is 0.468. The molecule has 0 aromatic carbocycles. The lowest BCUT2D eigenvalue weighted by Crippen LogP contribution is -2.30. The van der Waals surface area contributed by atoms with E-state index in [1.807, 2.05) is 0 Å². The molecule has 1 saturated carbocycles. The summed E-state index contributed by atoms with van der Waals surface area (Å²) in [5, 5.41) is 3.44. The Labute approximate surface area is 96.7 Å². The van der Waals surface area contributed by atoms with Gasteiger partial charge in [0.15, 0.2) is 0 Å². The van der Waals surface area contributed by atoms with Crippen molar-refractivity contribution in [1.29, 1.82) is 0 Å². The first-order chi connectivity index (χ1) is 7.63. The molecule has 2 rings (SSSR count). The van der Waals surface area contributed by atoms with Crippen LogP contribution in [0.15, 0.2) is 12.4 Å². The monoisotopic (exact) mass is 220 g/mol. The van der Waals surface area contributed by atoms with Crippen molar-refractivity contribution in [2.45, 2.75) is 39.2 Å². The van der Waals surface area contributed by atoms with Gasteiger partial charge in [-0.25, -0.2) is 9.97 Å². The van der Waals surface area contributed by atoms with E-state index in [9.17, 15) is 0 Å². The van der Waals surface area contributed by atoms with Gasteiger partial charge < -0.3 is 11.1 Å². The Hall–Kier alpha value is -1.32. The van der Waals surface area contributed by atoms with Gasteiger partial charge in [0.25, 0.3) is 0 Å². The highest BCUT2D eigenvalue weighted by molar-refractivity contribution is 5.36. The molecule has 0 amide bonds. The average molecular weight is 220 g/mol. The zero-order chi connectivity index (χ0) is 11.5. The quantitative estimate of drug-likeness (QED) is 0.802. The van der Waals surface area contributed by atoms with E-state index in [2.05, 4.69) is 29.1 Å². The maximum Gasteiger partial charge on any atom is 0.144 e. The van der Waals surface area contributed by atoms with Crippen LogP contribution in [0.3, 0.4) is 0 Å². The van der Waals surface area contributed by atoms with Crippen LogP contribution in [0.5, 0.6) is 0 Å². The minimum Gasteiger partial charge on any atom is -0.382 e. The van der Waals surface area contributed by atoms with Crippen LogP contribution < -0.4 is 11.1 Å². The summed E-state index contributed by atoms with van der Waals surface area (Å²) < 4.78 is 0. The van der Waals surface area contributed by atoms with E-state index in [1.165, 1.54) is 19.3 Å². The number of nitrogen functional groups attached to an aromatic ring is 1. The van der Waals surface area contributed by atoms with Crippen LogP contribution in [0.2, 0.25) is 0 Å². The summed E-state index contributed by atoms with van der Waals surface area (Å²) in [5.74, 6) is 2.89. The summed E-state index contributed by atoms with van der Waals surface area (Å²) >= 11 is 0. The van der Waals surface area contributed by atoms with Crippen molar-refractivity contribution in [3.63, 3.8) is 0 Å². The summed E-state index contributed by atoms with van der Waals surface area (Å²) in [6.07, 6.45) is 7.08. The minimum atomic E-state index is 0.468. The number of anilines is 2. The molecule has 88 valence electrons. The third kappa shape index (κ3) is 2.84. The molecule has 16 heavy (non-hydrogen) atoms. The SMILES string of the molecule is CC1CC(C)CC(Nc2cnc(N)cn2)C1. The molecule has 1 heterocycles. The van der Waals surface area contributed by atoms with Crippen LogP contribution in [-0.2, 0) is 0 Å². The molecule has 4 heteroatoms. The summed E-state index contributed by atoms with van der Waals surface area (Å²) in [4.78, 5) is 8.26. The van der Waals surface area contributed by atoms with Gasteiger partial charge in [-0.1, -0.05) is 13.8 Å². The maximum atomic E-state index is 5.50. The molecular weight excluding hydrogens is 200 g/mol. The molecule has 0 saturated heterocycles. The Morgan fingerprint density at radius 3 is 2.38 bits per heavy atom. The fourth-order valence-corrected chi connectivity index (χ4v) is 2.69. The van der Waals surface area contributed by atoms with Crippen molar-refractivity contribution < 1.29 is 0 Å². The summed E-state index contributed by atoms with van der Waals surface area (Å²) in [6, 6.07) is 0.525. The van der Waals surface area contributed by atoms with Gasteiger partial charge in [0.05, 0.1) is 12.4 Å². The van der Waals surface area contributed by atoms with Crippen molar-refractivity contribution in [3.05, 3.63) is 12.4 Å². The summed E-state index contributed by atoms with van der Waals surface area (Å²) in [7, 11) is 0. The topological polar surface area (TPSA) is 63.8 Å². The molecule has 0 aliphatic heterocycles. The van der Waals surface area contributed by atoms with E-state index in [0.717, 1.165) is 17.7 Å². The first-order valence-electron chi connectivity index (χ1n) is 5.97. The molecule has 1 aromatic heterocycles. The second-order valence-corrected chi connectivity index (χ2v) is 5.09. The lowest BCUT2D eigenvalue weighted by molar-refractivity contribution is 0.280. The Bertz CT molecular complexity index is 325. The Balaban J connectivity index is 1.96. The maximum absolute atomic E-state index is 5.50. The van der Waals surface area contributed by atoms with E-state index in [4.69, 9.17) is 5.73 Å². The second-order valence-electron chi connectivity index (χ2n) is 5.09. The fraction of sp³-hybridized carbons (Fsp3) is 0.667. The van der Waals surface area contributed by atoms with Gasteiger partial charge in [-0.3, -0.25) is 0 Å². The van der Waals surface area contributed by atoms with Gasteiger partial charge >= 0.3 is 0 Å². The van der Waals surface area contributed by atoms with Gasteiger partial charge in [0.1, 0.15) is 11.6 Å². The molecule has 1 fully saturated rings. The Morgan fingerprint density at radius 2 is 1.81 bits per heavy atom. The first kappa shape index (κ1) is 11.2. The number of hydrogen-bond acceptors (Lipinski definition) is 4. The fourth-order valence-electron chi connectivity index (χ4n) is 2.69. The zero-order valence-electron chi connectivity index (χ0n) is 9.98. The van der Waals surface area contributed by atoms with E-state index in [0.29, 0.717) is 11.9 Å². The molecule has 1 aromatic rings. The molecule has 1 aliphatic carbocycles. The van der Waals surface area contributed by atoms with E-state index in [1.54, 1.807) is 12.4 Å². The van der Waals surface area contributed by atoms with Crippen LogP contribution in [0.25, 0.3) is 0 Å². The molecule has 2 atom stereocenters. The van der Waals surface area contributed by atoms with E-state index < -0.39 is 0 Å². The highest BCUT2D eigenvalue weighted by Crippen LogP contribution is 2.29. The molecular formula is C12H20N4. The molecule has 0 spiro atoms. The predicted octanol–water partition coefficient (Wildman–Crippen LogP) is 2.30. The van der Waals surface area contributed by atoms with Crippen LogP contribution in [-0.4, -0.2) is 16.0 Å². The lowest BCUT2D eigenvalue weighted by atomic mass is 9.80. The molecule has 0 radical (unpaired) electrons. The van der Waals surface area contributed by atoms with Gasteiger partial charge in [0, 0.05) is 6.04 Å². The van der Waals surface area contributed by atoms with Gasteiger partial charge in [0.2, 0.25) is 0 Å². The second kappa shape index (κ2) is 4.68. The van der Waals surface area contributed by atoms with Gasteiger partial charge in [-0.05, 0) is 31.1 Å². The predicted molar refractivity (Wildman–Crippen MR) is 66.0 cm³/mol. The normalized spacial score (nSPS) is 30.0. The number of nitrogens with one attached hydrogen (secondary N) is 1. The molecule has 3 N–H and O–H groups in total. The van der Waals surface area contributed by atoms with Crippen molar-refractivity contribution in [2.24, 2.45) is 11.8 Å². The third-order valence-corrected chi connectivity index (χ3v) is 3.20. The summed E-state index contributed by atoms with van der Waals surface area (Å²) in [6.45, 7) is 4.64. The van der Waals surface area contributed by atoms with Crippen molar-refractivity contribution >= 4 is 11.6 Å². The van der Waals surface area contributed by atoms with Crippen molar-refractivity contribution in [2.75, 3.05) is 11.1 Å². The number of nitrogens with two attached hydrogens (primary N) is 1. The van der Waals surface area contributed by atoms with E-state index >= 15 is 0 Å². The van der Waals surface area contributed by atoms with Crippen LogP contribution in [0.1, 0.15) is 33.1 Å². The largest absolute Gasteiger partial charge is 0.382 e. The lowest BCUT2D eigenvalue weighted by Gasteiger charge is -2.32. The molecule has 1 aliphatic rings. The van der Waals surface area contributed by atoms with Crippen molar-refractivity contribution in [3.8, 4) is 0 Å². The smallest absolute Gasteiger partial charge is 0.144 e. The average Bonchev–Trinajstić information content (AvgIpc) is 2.20. The highest BCUT2D eigenvalue weighted by Gasteiger charge is 2.23. The third-order valence-electron chi connectivity index (χ3n) is 3.20. The molecule has 0 bridgehead atoms. The summed E-state index contributed by atoms with van der Waals surface area (Å²) in [5.41, 5.74) is 5.50. The highest BCUT2D eigenvalue weighted by atomic mass is 15.0. The van der Waals surface area contributed by atoms with Crippen LogP contribution >= 0.6 is 0 Å². The zero-order valence-corrected chi connectivity index (χ0v) is 9.98. The Morgan fingerprint density at radius 1 is 1.12 bits per heavy atom. The standard InChI is InChI=1S/C12H20N4/c1-8-3-9(2)5-10(4-8)16-12-7-14-11(13)6-15-12/h6-10H,3-5H2,1-2H3,(H2,13,14)(H,15,16). The van der Waals surface area contributed by atoms with Crippen LogP contribution in [0.4, 0.5) is 11.6 Å². The number of rotatable bonds is 2. The molecule has 4 nitrogen and oxygen atoms in total. The Kier molecular flexibility index (Phi) is 3.27. The van der Waals surface area contributed by atoms with Crippen molar-refractivity contribution in [1.82, 2.24) is 9.97 Å². The van der Waals surface area contributed by atoms with Crippen LogP contribution in [0, 0.1) is 11.8 Å². The number of nitrogens with zero attached hydrogens (tertiary/aromatic N) is 2. The first-order valence-corrected chi connectivity index (χ1v) is 5.97.